The summed E-state index contributed by atoms with van der Waals surface area (Å²) in [6.45, 7) is 0. The molecule has 8 nitrogen and oxygen atoms in total. The van der Waals surface area contributed by atoms with Crippen LogP contribution in [0.1, 0.15) is 12.0 Å². The molecule has 0 fully saturated rings. The number of rotatable bonds is 5. The van der Waals surface area contributed by atoms with Gasteiger partial charge in [0.1, 0.15) is 6.04 Å². The van der Waals surface area contributed by atoms with Gasteiger partial charge in [-0.25, -0.2) is 9.59 Å². The molecule has 1 aromatic rings. The maximum absolute atomic E-state index is 11.6. The predicted molar refractivity (Wildman–Crippen MR) is 68.5 cm³/mol. The summed E-state index contributed by atoms with van der Waals surface area (Å²) in [5.74, 6) is -2.21. The first-order valence-electron chi connectivity index (χ1n) is 5.51. The lowest BCUT2D eigenvalue weighted by Crippen LogP contribution is -2.45. The van der Waals surface area contributed by atoms with Crippen LogP contribution in [0, 0.1) is 11.3 Å². The van der Waals surface area contributed by atoms with Gasteiger partial charge in [-0.2, -0.15) is 5.26 Å². The first kappa shape index (κ1) is 15.0. The van der Waals surface area contributed by atoms with Crippen molar-refractivity contribution in [3.05, 3.63) is 29.8 Å². The number of carbonyl (C=O) groups is 3. The molecule has 1 atom stereocenters. The van der Waals surface area contributed by atoms with E-state index >= 15 is 0 Å². The SMILES string of the molecule is N#Cc1cccc(NC(=O)N[C@@H](CC(N)=O)C(=O)O)c1. The first-order valence-corrected chi connectivity index (χ1v) is 5.51. The molecule has 0 aromatic heterocycles. The Morgan fingerprint density at radius 1 is 1.40 bits per heavy atom. The highest BCUT2D eigenvalue weighted by Crippen LogP contribution is 2.09. The third-order valence-electron chi connectivity index (χ3n) is 2.26. The summed E-state index contributed by atoms with van der Waals surface area (Å²) in [7, 11) is 0. The van der Waals surface area contributed by atoms with Gasteiger partial charge in [0.25, 0.3) is 0 Å². The van der Waals surface area contributed by atoms with Gasteiger partial charge in [0.15, 0.2) is 0 Å². The molecular weight excluding hydrogens is 264 g/mol. The van der Waals surface area contributed by atoms with Gasteiger partial charge in [0, 0.05) is 5.69 Å². The average Bonchev–Trinajstić information content (AvgIpc) is 2.37. The van der Waals surface area contributed by atoms with Gasteiger partial charge in [-0.15, -0.1) is 0 Å². The highest BCUT2D eigenvalue weighted by atomic mass is 16.4. The van der Waals surface area contributed by atoms with Crippen molar-refractivity contribution in [2.24, 2.45) is 5.73 Å². The lowest BCUT2D eigenvalue weighted by Gasteiger charge is -2.13. The molecular formula is C12H12N4O4. The zero-order valence-corrected chi connectivity index (χ0v) is 10.3. The minimum Gasteiger partial charge on any atom is -0.480 e. The number of carboxylic acid groups (broad SMARTS) is 1. The fourth-order valence-corrected chi connectivity index (χ4v) is 1.39. The highest BCUT2D eigenvalue weighted by molar-refractivity contribution is 5.93. The molecule has 0 saturated carbocycles. The lowest BCUT2D eigenvalue weighted by atomic mass is 10.2. The molecule has 0 unspecified atom stereocenters. The van der Waals surface area contributed by atoms with Crippen LogP contribution in [0.3, 0.4) is 0 Å². The van der Waals surface area contributed by atoms with E-state index in [1.807, 2.05) is 6.07 Å². The van der Waals surface area contributed by atoms with E-state index in [9.17, 15) is 14.4 Å². The Labute approximate surface area is 114 Å². The standard InChI is InChI=1S/C12H12N4O4/c13-6-7-2-1-3-8(4-7)15-12(20)16-9(11(18)19)5-10(14)17/h1-4,9H,5H2,(H2,14,17)(H,18,19)(H2,15,16,20)/t9-/m0/s1. The monoisotopic (exact) mass is 276 g/mol. The molecule has 0 spiro atoms. The van der Waals surface area contributed by atoms with Crippen molar-refractivity contribution in [1.29, 1.82) is 5.26 Å². The van der Waals surface area contributed by atoms with Crippen molar-refractivity contribution >= 4 is 23.6 Å². The van der Waals surface area contributed by atoms with Crippen LogP contribution in [0.5, 0.6) is 0 Å². The molecule has 8 heteroatoms. The van der Waals surface area contributed by atoms with Crippen LogP contribution in [0.15, 0.2) is 24.3 Å². The fourth-order valence-electron chi connectivity index (χ4n) is 1.39. The predicted octanol–water partition coefficient (Wildman–Crippen LogP) is 0.00838. The Bertz CT molecular complexity index is 579. The van der Waals surface area contributed by atoms with E-state index in [-0.39, 0.29) is 0 Å². The average molecular weight is 276 g/mol. The van der Waals surface area contributed by atoms with Gasteiger partial charge in [-0.3, -0.25) is 4.79 Å². The van der Waals surface area contributed by atoms with Gasteiger partial charge in [0.05, 0.1) is 18.1 Å². The number of hydrogen-bond acceptors (Lipinski definition) is 4. The molecule has 20 heavy (non-hydrogen) atoms. The molecule has 0 aliphatic heterocycles. The Hall–Kier alpha value is -3.08. The minimum absolute atomic E-state index is 0.324. The van der Waals surface area contributed by atoms with Crippen LogP contribution >= 0.6 is 0 Å². The second-order valence-electron chi connectivity index (χ2n) is 3.85. The number of benzene rings is 1. The van der Waals surface area contributed by atoms with Crippen LogP contribution in [0.25, 0.3) is 0 Å². The van der Waals surface area contributed by atoms with Crippen molar-refractivity contribution < 1.29 is 19.5 Å². The number of nitrogens with zero attached hydrogens (tertiary/aromatic N) is 1. The quantitative estimate of drug-likeness (QED) is 0.598. The second kappa shape index (κ2) is 6.75. The molecule has 0 radical (unpaired) electrons. The van der Waals surface area contributed by atoms with Crippen LogP contribution in [0.4, 0.5) is 10.5 Å². The Balaban J connectivity index is 2.68. The van der Waals surface area contributed by atoms with E-state index in [0.29, 0.717) is 11.3 Å². The van der Waals surface area contributed by atoms with E-state index in [2.05, 4.69) is 10.6 Å². The van der Waals surface area contributed by atoms with E-state index < -0.39 is 30.4 Å². The van der Waals surface area contributed by atoms with Crippen LogP contribution in [-0.2, 0) is 9.59 Å². The van der Waals surface area contributed by atoms with Crippen molar-refractivity contribution in [1.82, 2.24) is 5.32 Å². The summed E-state index contributed by atoms with van der Waals surface area (Å²) in [5.41, 5.74) is 5.55. The number of anilines is 1. The number of urea groups is 1. The molecule has 0 heterocycles. The smallest absolute Gasteiger partial charge is 0.326 e. The number of nitrogens with two attached hydrogens (primary N) is 1. The topological polar surface area (TPSA) is 145 Å². The third-order valence-corrected chi connectivity index (χ3v) is 2.26. The third kappa shape index (κ3) is 4.66. The summed E-state index contributed by atoms with van der Waals surface area (Å²) in [6.07, 6.45) is -0.513. The molecule has 1 aromatic carbocycles. The highest BCUT2D eigenvalue weighted by Gasteiger charge is 2.22. The number of hydrogen-bond donors (Lipinski definition) is 4. The van der Waals surface area contributed by atoms with E-state index in [1.165, 1.54) is 12.1 Å². The van der Waals surface area contributed by atoms with Crippen molar-refractivity contribution in [3.8, 4) is 6.07 Å². The van der Waals surface area contributed by atoms with Crippen molar-refractivity contribution in [3.63, 3.8) is 0 Å². The van der Waals surface area contributed by atoms with E-state index in [0.717, 1.165) is 0 Å². The number of carbonyl (C=O) groups excluding carboxylic acids is 2. The van der Waals surface area contributed by atoms with E-state index in [4.69, 9.17) is 16.1 Å². The van der Waals surface area contributed by atoms with Gasteiger partial charge in [-0.1, -0.05) is 6.07 Å². The van der Waals surface area contributed by atoms with Gasteiger partial charge in [0.2, 0.25) is 5.91 Å². The Morgan fingerprint density at radius 3 is 2.65 bits per heavy atom. The lowest BCUT2D eigenvalue weighted by molar-refractivity contribution is -0.140. The van der Waals surface area contributed by atoms with Gasteiger partial charge < -0.3 is 21.5 Å². The number of amides is 3. The number of carboxylic acids is 1. The van der Waals surface area contributed by atoms with Crippen molar-refractivity contribution in [2.75, 3.05) is 5.32 Å². The molecule has 0 aliphatic carbocycles. The number of aliphatic carboxylic acids is 1. The summed E-state index contributed by atoms with van der Waals surface area (Å²) < 4.78 is 0. The number of nitriles is 1. The molecule has 0 aliphatic rings. The van der Waals surface area contributed by atoms with Crippen LogP contribution in [-0.4, -0.2) is 29.1 Å². The molecule has 3 amide bonds. The summed E-state index contributed by atoms with van der Waals surface area (Å²) in [4.78, 5) is 33.1. The Morgan fingerprint density at radius 2 is 2.10 bits per heavy atom. The maximum atomic E-state index is 11.6. The summed E-state index contributed by atoms with van der Waals surface area (Å²) >= 11 is 0. The maximum Gasteiger partial charge on any atom is 0.326 e. The summed E-state index contributed by atoms with van der Waals surface area (Å²) in [6, 6.07) is 5.74. The largest absolute Gasteiger partial charge is 0.480 e. The number of primary amides is 1. The fraction of sp³-hybridized carbons (Fsp3) is 0.167. The summed E-state index contributed by atoms with van der Waals surface area (Å²) in [5, 5.41) is 22.0. The molecule has 104 valence electrons. The first-order chi connectivity index (χ1) is 9.42. The molecule has 1 rings (SSSR count). The normalized spacial score (nSPS) is 10.9. The van der Waals surface area contributed by atoms with E-state index in [1.54, 1.807) is 12.1 Å². The number of nitrogens with one attached hydrogen (secondary N) is 2. The van der Waals surface area contributed by atoms with Gasteiger partial charge >= 0.3 is 12.0 Å². The van der Waals surface area contributed by atoms with Crippen molar-refractivity contribution in [2.45, 2.75) is 12.5 Å². The van der Waals surface area contributed by atoms with Crippen LogP contribution in [0.2, 0.25) is 0 Å². The van der Waals surface area contributed by atoms with Gasteiger partial charge in [-0.05, 0) is 18.2 Å². The zero-order valence-electron chi connectivity index (χ0n) is 10.3. The molecule has 0 bridgehead atoms. The zero-order chi connectivity index (χ0) is 15.1. The minimum atomic E-state index is -1.41. The Kier molecular flexibility index (Phi) is 5.05. The second-order valence-corrected chi connectivity index (χ2v) is 3.85. The van der Waals surface area contributed by atoms with Crippen LogP contribution < -0.4 is 16.4 Å². The molecule has 0 saturated heterocycles. The molecule has 5 N–H and O–H groups in total.